The fourth-order valence-corrected chi connectivity index (χ4v) is 4.00. The van der Waals surface area contributed by atoms with Crippen LogP contribution in [0.5, 0.6) is 0 Å². The van der Waals surface area contributed by atoms with E-state index in [1.807, 2.05) is 0 Å². The van der Waals surface area contributed by atoms with Crippen LogP contribution in [0.15, 0.2) is 0 Å². The highest BCUT2D eigenvalue weighted by Gasteiger charge is 2.39. The van der Waals surface area contributed by atoms with E-state index in [0.717, 1.165) is 26.2 Å². The SMILES string of the molecule is CC(C)(C)N1CCN(C2CS(=O)(=O)C2)CC1. The van der Waals surface area contributed by atoms with E-state index in [0.29, 0.717) is 17.5 Å². The summed E-state index contributed by atoms with van der Waals surface area (Å²) in [5.41, 5.74) is 0.234. The van der Waals surface area contributed by atoms with Crippen molar-refractivity contribution >= 4 is 9.84 Å². The van der Waals surface area contributed by atoms with Gasteiger partial charge in [-0.25, -0.2) is 8.42 Å². The number of hydrogen-bond donors (Lipinski definition) is 0. The molecule has 2 heterocycles. The van der Waals surface area contributed by atoms with Gasteiger partial charge in [0, 0.05) is 37.8 Å². The Kier molecular flexibility index (Phi) is 3.05. The van der Waals surface area contributed by atoms with Gasteiger partial charge in [-0.15, -0.1) is 0 Å². The van der Waals surface area contributed by atoms with Gasteiger partial charge in [0.2, 0.25) is 0 Å². The molecule has 0 N–H and O–H groups in total. The van der Waals surface area contributed by atoms with Gasteiger partial charge in [0.15, 0.2) is 9.84 Å². The summed E-state index contributed by atoms with van der Waals surface area (Å²) in [6.07, 6.45) is 0. The molecule has 2 saturated heterocycles. The molecule has 0 aromatic carbocycles. The van der Waals surface area contributed by atoms with E-state index in [2.05, 4.69) is 30.6 Å². The van der Waals surface area contributed by atoms with Crippen molar-refractivity contribution < 1.29 is 8.42 Å². The standard InChI is InChI=1S/C11H22N2O2S/c1-11(2,3)13-6-4-12(5-7-13)10-8-16(14,15)9-10/h10H,4-9H2,1-3H3. The molecule has 0 unspecified atom stereocenters. The molecule has 2 aliphatic heterocycles. The maximum absolute atomic E-state index is 11.1. The molecule has 5 heteroatoms. The van der Waals surface area contributed by atoms with Crippen LogP contribution >= 0.6 is 0 Å². The van der Waals surface area contributed by atoms with Crippen LogP contribution in [0.25, 0.3) is 0 Å². The summed E-state index contributed by atoms with van der Waals surface area (Å²) in [7, 11) is -2.68. The predicted molar refractivity (Wildman–Crippen MR) is 65.3 cm³/mol. The quantitative estimate of drug-likeness (QED) is 0.663. The van der Waals surface area contributed by atoms with Crippen molar-refractivity contribution in [1.29, 1.82) is 0 Å². The molecule has 0 aliphatic carbocycles. The summed E-state index contributed by atoms with van der Waals surface area (Å²) in [5, 5.41) is 0. The van der Waals surface area contributed by atoms with E-state index in [1.54, 1.807) is 0 Å². The van der Waals surface area contributed by atoms with Crippen molar-refractivity contribution in [3.05, 3.63) is 0 Å². The van der Waals surface area contributed by atoms with Crippen LogP contribution in [-0.2, 0) is 9.84 Å². The molecule has 2 fully saturated rings. The van der Waals surface area contributed by atoms with Crippen molar-refractivity contribution in [3.63, 3.8) is 0 Å². The van der Waals surface area contributed by atoms with Crippen molar-refractivity contribution in [2.45, 2.75) is 32.4 Å². The van der Waals surface area contributed by atoms with E-state index in [1.165, 1.54) is 0 Å². The Labute approximate surface area is 98.5 Å². The van der Waals surface area contributed by atoms with Crippen LogP contribution in [0.2, 0.25) is 0 Å². The first kappa shape index (κ1) is 12.3. The Morgan fingerprint density at radius 1 is 1.00 bits per heavy atom. The fraction of sp³-hybridized carbons (Fsp3) is 1.00. The summed E-state index contributed by atoms with van der Waals surface area (Å²) < 4.78 is 22.3. The highest BCUT2D eigenvalue weighted by atomic mass is 32.2. The normalized spacial score (nSPS) is 28.9. The molecule has 0 bridgehead atoms. The molecule has 0 atom stereocenters. The van der Waals surface area contributed by atoms with Gasteiger partial charge in [-0.2, -0.15) is 0 Å². The zero-order chi connectivity index (χ0) is 12.0. The molecule has 2 aliphatic rings. The van der Waals surface area contributed by atoms with Gasteiger partial charge in [0.1, 0.15) is 0 Å². The molecule has 0 amide bonds. The van der Waals surface area contributed by atoms with Crippen LogP contribution in [0.3, 0.4) is 0 Å². The van der Waals surface area contributed by atoms with E-state index in [-0.39, 0.29) is 5.54 Å². The molecule has 0 spiro atoms. The third kappa shape index (κ3) is 2.57. The van der Waals surface area contributed by atoms with Gasteiger partial charge >= 0.3 is 0 Å². The largest absolute Gasteiger partial charge is 0.296 e. The number of rotatable bonds is 1. The lowest BCUT2D eigenvalue weighted by atomic mass is 10.0. The highest BCUT2D eigenvalue weighted by molar-refractivity contribution is 7.92. The first-order chi connectivity index (χ1) is 7.28. The first-order valence-corrected chi connectivity index (χ1v) is 7.80. The molecule has 16 heavy (non-hydrogen) atoms. The lowest BCUT2D eigenvalue weighted by Gasteiger charge is -2.46. The minimum absolute atomic E-state index is 0.234. The third-order valence-corrected chi connectivity index (χ3v) is 5.46. The van der Waals surface area contributed by atoms with E-state index in [9.17, 15) is 8.42 Å². The van der Waals surface area contributed by atoms with Crippen LogP contribution < -0.4 is 0 Å². The van der Waals surface area contributed by atoms with Gasteiger partial charge in [-0.05, 0) is 20.8 Å². The second kappa shape index (κ2) is 3.96. The Morgan fingerprint density at radius 3 is 1.88 bits per heavy atom. The molecule has 2 rings (SSSR count). The average molecular weight is 246 g/mol. The molecular weight excluding hydrogens is 224 g/mol. The lowest BCUT2D eigenvalue weighted by molar-refractivity contribution is 0.0476. The zero-order valence-electron chi connectivity index (χ0n) is 10.4. The summed E-state index contributed by atoms with van der Waals surface area (Å²) in [5.74, 6) is 0.755. The van der Waals surface area contributed by atoms with E-state index < -0.39 is 9.84 Å². The smallest absolute Gasteiger partial charge is 0.153 e. The van der Waals surface area contributed by atoms with Crippen molar-refractivity contribution in [2.24, 2.45) is 0 Å². The number of hydrogen-bond acceptors (Lipinski definition) is 4. The first-order valence-electron chi connectivity index (χ1n) is 5.97. The number of sulfone groups is 1. The predicted octanol–water partition coefficient (Wildman–Crippen LogP) is 0.200. The van der Waals surface area contributed by atoms with Gasteiger partial charge < -0.3 is 0 Å². The molecule has 94 valence electrons. The van der Waals surface area contributed by atoms with Crippen LogP contribution in [-0.4, -0.2) is 67.5 Å². The van der Waals surface area contributed by atoms with Crippen LogP contribution in [0.4, 0.5) is 0 Å². The zero-order valence-corrected chi connectivity index (χ0v) is 11.3. The molecule has 0 aromatic rings. The Morgan fingerprint density at radius 2 is 1.50 bits per heavy atom. The van der Waals surface area contributed by atoms with Gasteiger partial charge in [0.25, 0.3) is 0 Å². The maximum Gasteiger partial charge on any atom is 0.153 e. The van der Waals surface area contributed by atoms with Crippen LogP contribution in [0, 0.1) is 0 Å². The van der Waals surface area contributed by atoms with Gasteiger partial charge in [-0.3, -0.25) is 9.80 Å². The van der Waals surface area contributed by atoms with E-state index >= 15 is 0 Å². The van der Waals surface area contributed by atoms with Crippen molar-refractivity contribution in [3.8, 4) is 0 Å². The summed E-state index contributed by atoms with van der Waals surface area (Å²) in [6, 6.07) is 0.298. The Bertz CT molecular complexity index is 339. The fourth-order valence-electron chi connectivity index (χ4n) is 2.51. The Balaban J connectivity index is 1.83. The lowest BCUT2D eigenvalue weighted by Crippen LogP contribution is -2.61. The summed E-state index contributed by atoms with van der Waals surface area (Å²) in [4.78, 5) is 4.81. The second-order valence-corrected chi connectivity index (χ2v) is 8.08. The molecule has 0 saturated carbocycles. The highest BCUT2D eigenvalue weighted by Crippen LogP contribution is 2.21. The second-order valence-electron chi connectivity index (χ2n) is 5.92. The summed E-state index contributed by atoms with van der Waals surface area (Å²) in [6.45, 7) is 10.8. The molecule has 0 aromatic heterocycles. The van der Waals surface area contributed by atoms with Crippen molar-refractivity contribution in [2.75, 3.05) is 37.7 Å². The average Bonchev–Trinajstić information content (AvgIpc) is 2.13. The minimum atomic E-state index is -2.68. The summed E-state index contributed by atoms with van der Waals surface area (Å²) >= 11 is 0. The van der Waals surface area contributed by atoms with E-state index in [4.69, 9.17) is 0 Å². The monoisotopic (exact) mass is 246 g/mol. The van der Waals surface area contributed by atoms with Gasteiger partial charge in [-0.1, -0.05) is 0 Å². The minimum Gasteiger partial charge on any atom is -0.296 e. The molecule has 0 radical (unpaired) electrons. The third-order valence-electron chi connectivity index (χ3n) is 3.67. The van der Waals surface area contributed by atoms with Gasteiger partial charge in [0.05, 0.1) is 11.5 Å². The number of nitrogens with zero attached hydrogens (tertiary/aromatic N) is 2. The van der Waals surface area contributed by atoms with Crippen LogP contribution in [0.1, 0.15) is 20.8 Å². The molecule has 4 nitrogen and oxygen atoms in total. The Hall–Kier alpha value is -0.130. The molecular formula is C11H22N2O2S. The maximum atomic E-state index is 11.1. The topological polar surface area (TPSA) is 40.6 Å². The van der Waals surface area contributed by atoms with Crippen molar-refractivity contribution in [1.82, 2.24) is 9.80 Å². The number of piperazine rings is 1.